The lowest BCUT2D eigenvalue weighted by atomic mass is 10.1. The molecule has 0 saturated heterocycles. The Bertz CT molecular complexity index is 1500. The Morgan fingerprint density at radius 1 is 0.730 bits per heavy atom. The molecule has 0 fully saturated rings. The molecule has 188 valence electrons. The molecule has 9 nitrogen and oxygen atoms in total. The molecule has 0 bridgehead atoms. The van der Waals surface area contributed by atoms with Crippen LogP contribution in [0, 0.1) is 0 Å². The summed E-state index contributed by atoms with van der Waals surface area (Å²) in [5.74, 6) is 4.36. The second-order valence-electron chi connectivity index (χ2n) is 8.20. The zero-order valence-electron chi connectivity index (χ0n) is 20.8. The van der Waals surface area contributed by atoms with Crippen LogP contribution < -0.4 is 24.3 Å². The van der Waals surface area contributed by atoms with Crippen molar-refractivity contribution in [3.05, 3.63) is 95.8 Å². The smallest absolute Gasteiger partial charge is 0.229 e. The topological polar surface area (TPSA) is 92.0 Å². The van der Waals surface area contributed by atoms with Crippen LogP contribution in [0.25, 0.3) is 5.65 Å². The quantitative estimate of drug-likeness (QED) is 0.283. The van der Waals surface area contributed by atoms with Gasteiger partial charge in [-0.25, -0.2) is 4.98 Å². The van der Waals surface area contributed by atoms with Crippen molar-refractivity contribution >= 4 is 11.6 Å². The summed E-state index contributed by atoms with van der Waals surface area (Å²) in [6.07, 6.45) is 0.545. The molecule has 37 heavy (non-hydrogen) atoms. The van der Waals surface area contributed by atoms with Crippen molar-refractivity contribution in [2.45, 2.75) is 13.0 Å². The van der Waals surface area contributed by atoms with Crippen molar-refractivity contribution in [1.29, 1.82) is 0 Å². The maximum absolute atomic E-state index is 6.02. The van der Waals surface area contributed by atoms with E-state index in [-0.39, 0.29) is 0 Å². The lowest BCUT2D eigenvalue weighted by molar-refractivity contribution is 0.354. The first kappa shape index (κ1) is 23.9. The average molecular weight is 498 g/mol. The summed E-state index contributed by atoms with van der Waals surface area (Å²) in [6.45, 7) is 0.475. The Morgan fingerprint density at radius 2 is 1.54 bits per heavy atom. The van der Waals surface area contributed by atoms with Crippen molar-refractivity contribution in [3.8, 4) is 28.9 Å². The summed E-state index contributed by atoms with van der Waals surface area (Å²) in [4.78, 5) is 9.43. The summed E-state index contributed by atoms with van der Waals surface area (Å²) in [5, 5.41) is 8.09. The Hall–Kier alpha value is -4.79. The minimum absolute atomic E-state index is 0.411. The van der Waals surface area contributed by atoms with E-state index in [0.29, 0.717) is 53.5 Å². The van der Waals surface area contributed by atoms with Gasteiger partial charge in [-0.3, -0.25) is 0 Å². The zero-order chi connectivity index (χ0) is 25.6. The van der Waals surface area contributed by atoms with Gasteiger partial charge in [0.15, 0.2) is 23.0 Å². The summed E-state index contributed by atoms with van der Waals surface area (Å²) >= 11 is 0. The minimum Gasteiger partial charge on any atom is -0.497 e. The van der Waals surface area contributed by atoms with Gasteiger partial charge in [0.1, 0.15) is 11.5 Å². The van der Waals surface area contributed by atoms with Crippen LogP contribution in [0.1, 0.15) is 17.0 Å². The molecule has 0 aliphatic rings. The molecule has 0 saturated carbocycles. The van der Waals surface area contributed by atoms with Crippen LogP contribution in [-0.4, -0.2) is 40.9 Å². The molecule has 0 atom stereocenters. The molecular formula is C28H27N5O4. The normalized spacial score (nSPS) is 10.8. The molecule has 2 aromatic heterocycles. The number of benzene rings is 3. The highest BCUT2D eigenvalue weighted by Crippen LogP contribution is 2.28. The number of rotatable bonds is 10. The highest BCUT2D eigenvalue weighted by molar-refractivity contribution is 5.50. The fourth-order valence-corrected chi connectivity index (χ4v) is 3.90. The van der Waals surface area contributed by atoms with E-state index in [1.807, 2.05) is 72.8 Å². The predicted molar refractivity (Wildman–Crippen MR) is 140 cm³/mol. The molecule has 0 unspecified atom stereocenters. The van der Waals surface area contributed by atoms with Crippen LogP contribution in [0.4, 0.5) is 5.95 Å². The van der Waals surface area contributed by atoms with Crippen molar-refractivity contribution < 1.29 is 18.9 Å². The van der Waals surface area contributed by atoms with Crippen molar-refractivity contribution in [3.63, 3.8) is 0 Å². The van der Waals surface area contributed by atoms with Crippen LogP contribution in [0.2, 0.25) is 0 Å². The third kappa shape index (κ3) is 5.56. The van der Waals surface area contributed by atoms with E-state index >= 15 is 0 Å². The van der Waals surface area contributed by atoms with Gasteiger partial charge in [-0.2, -0.15) is 9.50 Å². The molecule has 5 aromatic rings. The van der Waals surface area contributed by atoms with Gasteiger partial charge < -0.3 is 24.3 Å². The van der Waals surface area contributed by atoms with Crippen molar-refractivity contribution in [2.75, 3.05) is 26.6 Å². The molecular weight excluding hydrogens is 470 g/mol. The molecule has 0 radical (unpaired) electrons. The highest BCUT2D eigenvalue weighted by atomic mass is 16.5. The number of aromatic nitrogens is 4. The Kier molecular flexibility index (Phi) is 7.02. The lowest BCUT2D eigenvalue weighted by Crippen LogP contribution is -2.08. The van der Waals surface area contributed by atoms with Gasteiger partial charge in [0, 0.05) is 19.0 Å². The second kappa shape index (κ2) is 10.9. The van der Waals surface area contributed by atoms with Crippen LogP contribution >= 0.6 is 0 Å². The standard InChI is InChI=1S/C28H27N5O4/c1-34-22-11-7-8-19(14-22)16-25-30-26-17-27(37-21-9-5-4-6-10-21)31-28(33(26)32-25)29-18-20-12-13-23(35-2)24(15-20)36-3/h4-15,17H,16,18H2,1-3H3,(H,29,31). The van der Waals surface area contributed by atoms with Gasteiger partial charge in [-0.05, 0) is 47.5 Å². The van der Waals surface area contributed by atoms with E-state index in [1.165, 1.54) is 0 Å². The minimum atomic E-state index is 0.411. The number of ether oxygens (including phenoxy) is 4. The number of methoxy groups -OCH3 is 3. The van der Waals surface area contributed by atoms with Crippen molar-refractivity contribution in [1.82, 2.24) is 19.6 Å². The monoisotopic (exact) mass is 497 g/mol. The van der Waals surface area contributed by atoms with E-state index in [2.05, 4.69) is 10.3 Å². The van der Waals surface area contributed by atoms with E-state index in [1.54, 1.807) is 31.9 Å². The number of fused-ring (bicyclic) bond motifs is 1. The van der Waals surface area contributed by atoms with Gasteiger partial charge in [-0.15, -0.1) is 5.10 Å². The van der Waals surface area contributed by atoms with Gasteiger partial charge in [0.25, 0.3) is 0 Å². The van der Waals surface area contributed by atoms with Gasteiger partial charge in [0.2, 0.25) is 11.8 Å². The SMILES string of the molecule is COc1cccc(Cc2nc3cc(Oc4ccccc4)nc(NCc4ccc(OC)c(OC)c4)n3n2)c1. The molecule has 0 aliphatic carbocycles. The molecule has 2 heterocycles. The molecule has 0 spiro atoms. The van der Waals surface area contributed by atoms with Crippen LogP contribution in [0.5, 0.6) is 28.9 Å². The molecule has 5 rings (SSSR count). The molecule has 1 N–H and O–H groups in total. The van der Waals surface area contributed by atoms with E-state index in [4.69, 9.17) is 29.0 Å². The number of hydrogen-bond acceptors (Lipinski definition) is 8. The largest absolute Gasteiger partial charge is 0.497 e. The fourth-order valence-electron chi connectivity index (χ4n) is 3.90. The number of anilines is 1. The molecule has 0 aliphatic heterocycles. The molecule has 9 heteroatoms. The summed E-state index contributed by atoms with van der Waals surface area (Å²) in [5.41, 5.74) is 2.65. The molecule has 3 aromatic carbocycles. The van der Waals surface area contributed by atoms with Crippen molar-refractivity contribution in [2.24, 2.45) is 0 Å². The second-order valence-corrected chi connectivity index (χ2v) is 8.20. The Morgan fingerprint density at radius 3 is 2.32 bits per heavy atom. The number of hydrogen-bond donors (Lipinski definition) is 1. The Balaban J connectivity index is 1.47. The van der Waals surface area contributed by atoms with Gasteiger partial charge in [-0.1, -0.05) is 36.4 Å². The Labute approximate surface area is 214 Å². The number of nitrogens with one attached hydrogen (secondary N) is 1. The first-order valence-corrected chi connectivity index (χ1v) is 11.7. The average Bonchev–Trinajstić information content (AvgIpc) is 3.34. The first-order chi connectivity index (χ1) is 18.1. The summed E-state index contributed by atoms with van der Waals surface area (Å²) in [7, 11) is 4.88. The summed E-state index contributed by atoms with van der Waals surface area (Å²) < 4.78 is 23.8. The number of para-hydroxylation sites is 1. The first-order valence-electron chi connectivity index (χ1n) is 11.7. The van der Waals surface area contributed by atoms with Crippen LogP contribution in [-0.2, 0) is 13.0 Å². The number of nitrogens with zero attached hydrogens (tertiary/aromatic N) is 4. The van der Waals surface area contributed by atoms with E-state index < -0.39 is 0 Å². The fraction of sp³-hybridized carbons (Fsp3) is 0.179. The van der Waals surface area contributed by atoms with E-state index in [9.17, 15) is 0 Å². The zero-order valence-corrected chi connectivity index (χ0v) is 20.8. The predicted octanol–water partition coefficient (Wildman–Crippen LogP) is 5.15. The van der Waals surface area contributed by atoms with Crippen LogP contribution in [0.15, 0.2) is 78.9 Å². The van der Waals surface area contributed by atoms with E-state index in [0.717, 1.165) is 16.9 Å². The highest BCUT2D eigenvalue weighted by Gasteiger charge is 2.14. The maximum atomic E-state index is 6.02. The van der Waals surface area contributed by atoms with Gasteiger partial charge in [0.05, 0.1) is 21.3 Å². The molecule has 0 amide bonds. The summed E-state index contributed by atoms with van der Waals surface area (Å²) in [6, 6.07) is 24.9. The lowest BCUT2D eigenvalue weighted by Gasteiger charge is -2.12. The van der Waals surface area contributed by atoms with Gasteiger partial charge >= 0.3 is 0 Å². The third-order valence-electron chi connectivity index (χ3n) is 5.71. The maximum Gasteiger partial charge on any atom is 0.229 e. The van der Waals surface area contributed by atoms with Crippen LogP contribution in [0.3, 0.4) is 0 Å². The third-order valence-corrected chi connectivity index (χ3v) is 5.71.